The zero-order valence-corrected chi connectivity index (χ0v) is 8.96. The average molecular weight is 215 g/mol. The Morgan fingerprint density at radius 1 is 1.71 bits per heavy atom. The molecule has 1 aromatic heterocycles. The average Bonchev–Trinajstić information content (AvgIpc) is 2.37. The molecule has 0 aromatic carbocycles. The quantitative estimate of drug-likeness (QED) is 0.777. The zero-order valence-electron chi connectivity index (χ0n) is 8.20. The second-order valence-corrected chi connectivity index (χ2v) is 4.31. The number of hydrogen-bond donors (Lipinski definition) is 2. The predicted molar refractivity (Wildman–Crippen MR) is 56.1 cm³/mol. The highest BCUT2D eigenvalue weighted by atomic mass is 35.5. The van der Waals surface area contributed by atoms with Crippen LogP contribution in [0.3, 0.4) is 0 Å². The predicted octanol–water partition coefficient (Wildman–Crippen LogP) is 0.653. The summed E-state index contributed by atoms with van der Waals surface area (Å²) in [4.78, 5) is 0. The lowest BCUT2D eigenvalue weighted by Gasteiger charge is -2.33. The Labute approximate surface area is 88.4 Å². The summed E-state index contributed by atoms with van der Waals surface area (Å²) < 4.78 is 1.73. The van der Waals surface area contributed by atoms with Crippen molar-refractivity contribution in [3.05, 3.63) is 16.9 Å². The van der Waals surface area contributed by atoms with Crippen LogP contribution in [0.5, 0.6) is 0 Å². The Bertz CT molecular complexity index is 317. The van der Waals surface area contributed by atoms with Crippen molar-refractivity contribution in [2.45, 2.75) is 31.5 Å². The summed E-state index contributed by atoms with van der Waals surface area (Å²) in [5, 5.41) is 8.36. The highest BCUT2D eigenvalue weighted by Crippen LogP contribution is 2.19. The monoisotopic (exact) mass is 214 g/mol. The molecule has 5 heteroatoms. The van der Waals surface area contributed by atoms with Crippen molar-refractivity contribution in [1.82, 2.24) is 15.1 Å². The molecule has 2 rings (SSSR count). The molecular formula is C9H15ClN4. The topological polar surface area (TPSA) is 55.9 Å². The first-order chi connectivity index (χ1) is 6.65. The molecule has 0 spiro atoms. The van der Waals surface area contributed by atoms with Gasteiger partial charge in [0.1, 0.15) is 0 Å². The molecule has 1 heterocycles. The van der Waals surface area contributed by atoms with Crippen LogP contribution >= 0.6 is 11.6 Å². The maximum Gasteiger partial charge on any atom is 0.0948 e. The van der Waals surface area contributed by atoms with E-state index in [1.807, 2.05) is 13.2 Å². The van der Waals surface area contributed by atoms with Crippen molar-refractivity contribution < 1.29 is 0 Å². The highest BCUT2D eigenvalue weighted by molar-refractivity contribution is 6.31. The SMILES string of the molecule is Cn1cc(Cl)c(CNC2CC(N)C2)n1. The number of nitrogens with zero attached hydrogens (tertiary/aromatic N) is 2. The van der Waals surface area contributed by atoms with E-state index in [1.165, 1.54) is 0 Å². The molecule has 3 N–H and O–H groups in total. The van der Waals surface area contributed by atoms with Crippen LogP contribution in [0, 0.1) is 0 Å². The molecule has 1 fully saturated rings. The third kappa shape index (κ3) is 2.08. The molecule has 0 aliphatic heterocycles. The Hall–Kier alpha value is -0.580. The number of nitrogens with one attached hydrogen (secondary N) is 1. The van der Waals surface area contributed by atoms with E-state index in [0.29, 0.717) is 12.1 Å². The molecule has 0 radical (unpaired) electrons. The van der Waals surface area contributed by atoms with Crippen LogP contribution in [0.15, 0.2) is 6.20 Å². The van der Waals surface area contributed by atoms with Crippen LogP contribution in [0.2, 0.25) is 5.02 Å². The summed E-state index contributed by atoms with van der Waals surface area (Å²) >= 11 is 5.97. The van der Waals surface area contributed by atoms with Crippen molar-refractivity contribution in [2.24, 2.45) is 12.8 Å². The van der Waals surface area contributed by atoms with E-state index in [9.17, 15) is 0 Å². The van der Waals surface area contributed by atoms with Gasteiger partial charge >= 0.3 is 0 Å². The second-order valence-electron chi connectivity index (χ2n) is 3.91. The molecule has 1 aliphatic carbocycles. The Balaban J connectivity index is 1.83. The molecule has 0 saturated heterocycles. The summed E-state index contributed by atoms with van der Waals surface area (Å²) in [6, 6.07) is 0.926. The van der Waals surface area contributed by atoms with Crippen LogP contribution in [-0.2, 0) is 13.6 Å². The van der Waals surface area contributed by atoms with E-state index in [0.717, 1.165) is 30.1 Å². The van der Waals surface area contributed by atoms with E-state index >= 15 is 0 Å². The second kappa shape index (κ2) is 3.88. The Morgan fingerprint density at radius 3 is 2.93 bits per heavy atom. The maximum atomic E-state index is 5.97. The van der Waals surface area contributed by atoms with Gasteiger partial charge in [0.2, 0.25) is 0 Å². The van der Waals surface area contributed by atoms with E-state index in [4.69, 9.17) is 17.3 Å². The van der Waals surface area contributed by atoms with E-state index in [2.05, 4.69) is 10.4 Å². The summed E-state index contributed by atoms with van der Waals surface area (Å²) in [5.41, 5.74) is 6.60. The summed E-state index contributed by atoms with van der Waals surface area (Å²) in [7, 11) is 1.87. The fourth-order valence-electron chi connectivity index (χ4n) is 1.69. The minimum absolute atomic E-state index is 0.381. The van der Waals surface area contributed by atoms with Crippen LogP contribution in [0.4, 0.5) is 0 Å². The Kier molecular flexibility index (Phi) is 2.76. The van der Waals surface area contributed by atoms with Gasteiger partial charge in [0, 0.05) is 31.9 Å². The lowest BCUT2D eigenvalue weighted by molar-refractivity contribution is 0.289. The third-order valence-corrected chi connectivity index (χ3v) is 2.90. The van der Waals surface area contributed by atoms with Crippen molar-refractivity contribution in [3.8, 4) is 0 Å². The highest BCUT2D eigenvalue weighted by Gasteiger charge is 2.25. The summed E-state index contributed by atoms with van der Waals surface area (Å²) in [6.45, 7) is 0.733. The van der Waals surface area contributed by atoms with E-state index < -0.39 is 0 Å². The molecule has 14 heavy (non-hydrogen) atoms. The van der Waals surface area contributed by atoms with Gasteiger partial charge in [-0.2, -0.15) is 5.10 Å². The smallest absolute Gasteiger partial charge is 0.0948 e. The van der Waals surface area contributed by atoms with Gasteiger partial charge in [0.15, 0.2) is 0 Å². The first-order valence-electron chi connectivity index (χ1n) is 4.82. The molecule has 1 saturated carbocycles. The van der Waals surface area contributed by atoms with Gasteiger partial charge in [-0.1, -0.05) is 11.6 Å². The van der Waals surface area contributed by atoms with Gasteiger partial charge in [-0.05, 0) is 12.8 Å². The van der Waals surface area contributed by atoms with Gasteiger partial charge in [0.05, 0.1) is 10.7 Å². The lowest BCUT2D eigenvalue weighted by Crippen LogP contribution is -2.48. The number of halogens is 1. The molecular weight excluding hydrogens is 200 g/mol. The standard InChI is InChI=1S/C9H15ClN4/c1-14-5-8(10)9(13-14)4-12-7-2-6(11)3-7/h5-7,12H,2-4,11H2,1H3. The van der Waals surface area contributed by atoms with Crippen LogP contribution < -0.4 is 11.1 Å². The number of rotatable bonds is 3. The van der Waals surface area contributed by atoms with Crippen molar-refractivity contribution in [2.75, 3.05) is 0 Å². The summed E-state index contributed by atoms with van der Waals surface area (Å²) in [5.74, 6) is 0. The van der Waals surface area contributed by atoms with Crippen LogP contribution in [-0.4, -0.2) is 21.9 Å². The molecule has 0 atom stereocenters. The largest absolute Gasteiger partial charge is 0.328 e. The Morgan fingerprint density at radius 2 is 2.43 bits per heavy atom. The summed E-state index contributed by atoms with van der Waals surface area (Å²) in [6.07, 6.45) is 3.93. The van der Waals surface area contributed by atoms with E-state index in [1.54, 1.807) is 4.68 Å². The molecule has 1 aliphatic rings. The van der Waals surface area contributed by atoms with E-state index in [-0.39, 0.29) is 0 Å². The van der Waals surface area contributed by atoms with Gasteiger partial charge in [-0.3, -0.25) is 4.68 Å². The first kappa shape index (κ1) is 9.96. The molecule has 78 valence electrons. The normalized spacial score (nSPS) is 26.2. The first-order valence-corrected chi connectivity index (χ1v) is 5.20. The lowest BCUT2D eigenvalue weighted by atomic mass is 9.88. The maximum absolute atomic E-state index is 5.97. The van der Waals surface area contributed by atoms with Crippen molar-refractivity contribution in [1.29, 1.82) is 0 Å². The van der Waals surface area contributed by atoms with Gasteiger partial charge in [0.25, 0.3) is 0 Å². The number of aromatic nitrogens is 2. The minimum Gasteiger partial charge on any atom is -0.328 e. The van der Waals surface area contributed by atoms with Crippen molar-refractivity contribution >= 4 is 11.6 Å². The molecule has 0 unspecified atom stereocenters. The number of nitrogens with two attached hydrogens (primary N) is 1. The minimum atomic E-state index is 0.381. The molecule has 4 nitrogen and oxygen atoms in total. The van der Waals surface area contributed by atoms with Gasteiger partial charge < -0.3 is 11.1 Å². The zero-order chi connectivity index (χ0) is 10.1. The molecule has 0 amide bonds. The number of hydrogen-bond acceptors (Lipinski definition) is 3. The number of aryl methyl sites for hydroxylation is 1. The van der Waals surface area contributed by atoms with Crippen molar-refractivity contribution in [3.63, 3.8) is 0 Å². The van der Waals surface area contributed by atoms with Crippen LogP contribution in [0.25, 0.3) is 0 Å². The molecule has 1 aromatic rings. The van der Waals surface area contributed by atoms with Gasteiger partial charge in [-0.25, -0.2) is 0 Å². The third-order valence-electron chi connectivity index (χ3n) is 2.59. The van der Waals surface area contributed by atoms with Crippen LogP contribution in [0.1, 0.15) is 18.5 Å². The fourth-order valence-corrected chi connectivity index (χ4v) is 1.94. The molecule has 0 bridgehead atoms. The fraction of sp³-hybridized carbons (Fsp3) is 0.667. The van der Waals surface area contributed by atoms with Gasteiger partial charge in [-0.15, -0.1) is 0 Å².